The van der Waals surface area contributed by atoms with Gasteiger partial charge in [0.15, 0.2) is 0 Å². The van der Waals surface area contributed by atoms with Crippen molar-refractivity contribution in [3.05, 3.63) is 35.9 Å². The second kappa shape index (κ2) is 7.34. The van der Waals surface area contributed by atoms with Crippen LogP contribution in [-0.4, -0.2) is 42.9 Å². The summed E-state index contributed by atoms with van der Waals surface area (Å²) < 4.78 is 0. The lowest BCUT2D eigenvalue weighted by Crippen LogP contribution is -2.48. The zero-order valence-corrected chi connectivity index (χ0v) is 14.4. The topological polar surface area (TPSA) is 61.4 Å². The number of hydrogen-bond acceptors (Lipinski definition) is 3. The van der Waals surface area contributed by atoms with E-state index < -0.39 is 6.04 Å². The van der Waals surface area contributed by atoms with Gasteiger partial charge in [0, 0.05) is 26.1 Å². The van der Waals surface area contributed by atoms with E-state index >= 15 is 0 Å². The number of carbonyl (C=O) groups excluding carboxylic acids is 2. The van der Waals surface area contributed by atoms with E-state index in [1.54, 1.807) is 6.92 Å². The van der Waals surface area contributed by atoms with Crippen molar-refractivity contribution in [2.45, 2.75) is 38.6 Å². The van der Waals surface area contributed by atoms with Gasteiger partial charge in [0.05, 0.1) is 0 Å². The molecule has 1 atom stereocenters. The molecular formula is C19H27N3O2. The largest absolute Gasteiger partial charge is 0.341 e. The van der Waals surface area contributed by atoms with Gasteiger partial charge in [-0.1, -0.05) is 37.3 Å². The number of hydrogen-bond donors (Lipinski definition) is 2. The Labute approximate surface area is 143 Å². The standard InChI is InChI=1S/C19H27N3O2/c1-2-16(23)21-17(15-6-4-3-5-7-15)18(24)22-12-9-19(10-13-22)8-11-20-14-19/h3-7,17,20H,2,8-14H2,1H3,(H,21,23). The van der Waals surface area contributed by atoms with E-state index in [1.165, 1.54) is 6.42 Å². The van der Waals surface area contributed by atoms with Crippen molar-refractivity contribution in [2.75, 3.05) is 26.2 Å². The fourth-order valence-electron chi connectivity index (χ4n) is 3.80. The predicted molar refractivity (Wildman–Crippen MR) is 93.4 cm³/mol. The molecule has 2 saturated heterocycles. The highest BCUT2D eigenvalue weighted by atomic mass is 16.2. The molecule has 0 bridgehead atoms. The van der Waals surface area contributed by atoms with Gasteiger partial charge in [-0.2, -0.15) is 0 Å². The number of carbonyl (C=O) groups is 2. The van der Waals surface area contributed by atoms with Gasteiger partial charge in [-0.3, -0.25) is 9.59 Å². The SMILES string of the molecule is CCC(=O)NC(C(=O)N1CCC2(CCNC2)CC1)c1ccccc1. The number of likely N-dealkylation sites (tertiary alicyclic amines) is 1. The smallest absolute Gasteiger partial charge is 0.249 e. The van der Waals surface area contributed by atoms with E-state index in [1.807, 2.05) is 35.2 Å². The first kappa shape index (κ1) is 17.0. The summed E-state index contributed by atoms with van der Waals surface area (Å²) in [7, 11) is 0. The highest BCUT2D eigenvalue weighted by Gasteiger charge is 2.39. The molecule has 130 valence electrons. The number of nitrogens with one attached hydrogen (secondary N) is 2. The molecule has 5 nitrogen and oxygen atoms in total. The molecule has 0 saturated carbocycles. The molecule has 2 fully saturated rings. The Morgan fingerprint density at radius 2 is 1.92 bits per heavy atom. The van der Waals surface area contributed by atoms with Crippen LogP contribution in [0.25, 0.3) is 0 Å². The Kier molecular flexibility index (Phi) is 5.19. The minimum absolute atomic E-state index is 0.0174. The molecule has 2 amide bonds. The number of nitrogens with zero attached hydrogens (tertiary/aromatic N) is 1. The maximum Gasteiger partial charge on any atom is 0.249 e. The van der Waals surface area contributed by atoms with Crippen LogP contribution in [0.5, 0.6) is 0 Å². The number of rotatable bonds is 4. The lowest BCUT2D eigenvalue weighted by Gasteiger charge is -2.40. The number of piperidine rings is 1. The Morgan fingerprint density at radius 1 is 1.21 bits per heavy atom. The first-order valence-electron chi connectivity index (χ1n) is 8.97. The maximum atomic E-state index is 13.0. The van der Waals surface area contributed by atoms with Crippen LogP contribution in [0.15, 0.2) is 30.3 Å². The van der Waals surface area contributed by atoms with Crippen LogP contribution < -0.4 is 10.6 Å². The first-order chi connectivity index (χ1) is 11.6. The van der Waals surface area contributed by atoms with Crippen LogP contribution in [0.3, 0.4) is 0 Å². The van der Waals surface area contributed by atoms with Gasteiger partial charge in [0.1, 0.15) is 6.04 Å². The van der Waals surface area contributed by atoms with Crippen LogP contribution in [0.4, 0.5) is 0 Å². The van der Waals surface area contributed by atoms with E-state index in [9.17, 15) is 9.59 Å². The molecule has 0 aliphatic carbocycles. The van der Waals surface area contributed by atoms with Crippen molar-refractivity contribution in [2.24, 2.45) is 5.41 Å². The van der Waals surface area contributed by atoms with E-state index in [4.69, 9.17) is 0 Å². The molecule has 5 heteroatoms. The third-order valence-corrected chi connectivity index (χ3v) is 5.47. The van der Waals surface area contributed by atoms with Crippen LogP contribution in [0.2, 0.25) is 0 Å². The lowest BCUT2D eigenvalue weighted by atomic mass is 9.77. The van der Waals surface area contributed by atoms with Crippen molar-refractivity contribution >= 4 is 11.8 Å². The summed E-state index contributed by atoms with van der Waals surface area (Å²) in [5.41, 5.74) is 1.23. The quantitative estimate of drug-likeness (QED) is 0.886. The van der Waals surface area contributed by atoms with Crippen LogP contribution >= 0.6 is 0 Å². The zero-order valence-electron chi connectivity index (χ0n) is 14.4. The summed E-state index contributed by atoms with van der Waals surface area (Å²) in [5.74, 6) is -0.0746. The van der Waals surface area contributed by atoms with Crippen molar-refractivity contribution in [3.8, 4) is 0 Å². The summed E-state index contributed by atoms with van der Waals surface area (Å²) >= 11 is 0. The van der Waals surface area contributed by atoms with Gasteiger partial charge < -0.3 is 15.5 Å². The monoisotopic (exact) mass is 329 g/mol. The van der Waals surface area contributed by atoms with E-state index in [0.29, 0.717) is 11.8 Å². The molecule has 1 aromatic rings. The molecular weight excluding hydrogens is 302 g/mol. The fraction of sp³-hybridized carbons (Fsp3) is 0.579. The van der Waals surface area contributed by atoms with Crippen LogP contribution in [0.1, 0.15) is 44.2 Å². The van der Waals surface area contributed by atoms with E-state index in [-0.39, 0.29) is 11.8 Å². The molecule has 2 heterocycles. The Balaban J connectivity index is 1.70. The second-order valence-electron chi connectivity index (χ2n) is 7.02. The van der Waals surface area contributed by atoms with Crippen molar-refractivity contribution in [1.29, 1.82) is 0 Å². The average Bonchev–Trinajstić information content (AvgIpc) is 3.08. The Bertz CT molecular complexity index is 572. The van der Waals surface area contributed by atoms with Gasteiger partial charge in [-0.15, -0.1) is 0 Å². The molecule has 0 aromatic heterocycles. The molecule has 3 rings (SSSR count). The van der Waals surface area contributed by atoms with E-state index in [0.717, 1.165) is 44.6 Å². The molecule has 2 aliphatic heterocycles. The maximum absolute atomic E-state index is 13.0. The first-order valence-corrected chi connectivity index (χ1v) is 8.97. The molecule has 0 radical (unpaired) electrons. The molecule has 2 aliphatic rings. The lowest BCUT2D eigenvalue weighted by molar-refractivity contribution is -0.138. The van der Waals surface area contributed by atoms with Crippen LogP contribution in [-0.2, 0) is 9.59 Å². The molecule has 2 N–H and O–H groups in total. The summed E-state index contributed by atoms with van der Waals surface area (Å²) in [6, 6.07) is 8.97. The number of amides is 2. The second-order valence-corrected chi connectivity index (χ2v) is 7.02. The Morgan fingerprint density at radius 3 is 2.50 bits per heavy atom. The fourth-order valence-corrected chi connectivity index (χ4v) is 3.80. The van der Waals surface area contributed by atoms with Gasteiger partial charge in [0.25, 0.3) is 0 Å². The highest BCUT2D eigenvalue weighted by Crippen LogP contribution is 2.37. The average molecular weight is 329 g/mol. The predicted octanol–water partition coefficient (Wildman–Crippen LogP) is 1.86. The summed E-state index contributed by atoms with van der Waals surface area (Å²) in [5, 5.41) is 6.35. The molecule has 1 aromatic carbocycles. The van der Waals surface area contributed by atoms with E-state index in [2.05, 4.69) is 10.6 Å². The molecule has 1 unspecified atom stereocenters. The third-order valence-electron chi connectivity index (χ3n) is 5.47. The normalized spacial score (nSPS) is 20.8. The minimum Gasteiger partial charge on any atom is -0.341 e. The zero-order chi connectivity index (χ0) is 17.0. The summed E-state index contributed by atoms with van der Waals surface area (Å²) in [4.78, 5) is 26.9. The third kappa shape index (κ3) is 3.61. The van der Waals surface area contributed by atoms with Gasteiger partial charge in [-0.25, -0.2) is 0 Å². The van der Waals surface area contributed by atoms with Crippen LogP contribution in [0, 0.1) is 5.41 Å². The van der Waals surface area contributed by atoms with Gasteiger partial charge in [0.2, 0.25) is 11.8 Å². The van der Waals surface area contributed by atoms with Crippen molar-refractivity contribution in [3.63, 3.8) is 0 Å². The highest BCUT2D eigenvalue weighted by molar-refractivity contribution is 5.88. The summed E-state index contributed by atoms with van der Waals surface area (Å²) in [6.07, 6.45) is 3.69. The van der Waals surface area contributed by atoms with Crippen molar-refractivity contribution in [1.82, 2.24) is 15.5 Å². The summed E-state index contributed by atoms with van der Waals surface area (Å²) in [6.45, 7) is 5.54. The van der Waals surface area contributed by atoms with Gasteiger partial charge >= 0.3 is 0 Å². The molecule has 1 spiro atoms. The Hall–Kier alpha value is -1.88. The minimum atomic E-state index is -0.575. The van der Waals surface area contributed by atoms with Gasteiger partial charge in [-0.05, 0) is 36.8 Å². The number of benzene rings is 1. The molecule has 24 heavy (non-hydrogen) atoms. The van der Waals surface area contributed by atoms with Crippen molar-refractivity contribution < 1.29 is 9.59 Å².